The largest absolute Gasteiger partial charge is 0.332 e. The van der Waals surface area contributed by atoms with E-state index in [2.05, 4.69) is 0 Å². The van der Waals surface area contributed by atoms with E-state index >= 15 is 0 Å². The average Bonchev–Trinajstić information content (AvgIpc) is 2.28. The highest BCUT2D eigenvalue weighted by molar-refractivity contribution is 6.18. The van der Waals surface area contributed by atoms with E-state index < -0.39 is 24.7 Å². The maximum Gasteiger partial charge on any atom is 0.257 e. The summed E-state index contributed by atoms with van der Waals surface area (Å²) in [5.74, 6) is -1.48. The van der Waals surface area contributed by atoms with Crippen molar-refractivity contribution in [2.45, 2.75) is 6.43 Å². The molecule has 0 saturated heterocycles. The van der Waals surface area contributed by atoms with Crippen LogP contribution >= 0.6 is 11.6 Å². The molecule has 6 heteroatoms. The first kappa shape index (κ1) is 13.8. The zero-order chi connectivity index (χ0) is 12.8. The second kappa shape index (κ2) is 6.49. The molecule has 0 radical (unpaired) electrons. The monoisotopic (exact) mass is 265 g/mol. The number of nitrogens with zero attached hydrogens (tertiary/aromatic N) is 1. The van der Waals surface area contributed by atoms with Gasteiger partial charge in [-0.2, -0.15) is 0 Å². The van der Waals surface area contributed by atoms with E-state index in [4.69, 9.17) is 11.6 Å². The molecule has 0 unspecified atom stereocenters. The van der Waals surface area contributed by atoms with Gasteiger partial charge in [0, 0.05) is 12.4 Å². The zero-order valence-corrected chi connectivity index (χ0v) is 9.63. The van der Waals surface area contributed by atoms with Crippen molar-refractivity contribution in [3.8, 4) is 0 Å². The molecule has 1 aromatic rings. The van der Waals surface area contributed by atoms with Gasteiger partial charge in [0.05, 0.1) is 12.1 Å². The molecule has 1 rings (SSSR count). The van der Waals surface area contributed by atoms with Gasteiger partial charge >= 0.3 is 0 Å². The van der Waals surface area contributed by atoms with Crippen LogP contribution in [0.15, 0.2) is 24.3 Å². The molecule has 0 heterocycles. The Morgan fingerprint density at radius 3 is 2.53 bits per heavy atom. The van der Waals surface area contributed by atoms with Crippen molar-refractivity contribution in [2.75, 3.05) is 19.0 Å². The third kappa shape index (κ3) is 3.93. The topological polar surface area (TPSA) is 20.3 Å². The number of benzene rings is 1. The molecule has 0 aromatic heterocycles. The number of hydrogen-bond donors (Lipinski definition) is 0. The number of alkyl halides is 3. The highest BCUT2D eigenvalue weighted by Crippen LogP contribution is 2.11. The minimum atomic E-state index is -2.67. The number of carbonyl (C=O) groups is 1. The molecule has 0 atom stereocenters. The molecule has 0 aliphatic rings. The van der Waals surface area contributed by atoms with Crippen LogP contribution in [0, 0.1) is 5.82 Å². The van der Waals surface area contributed by atoms with Crippen LogP contribution in [0.5, 0.6) is 0 Å². The fourth-order valence-electron chi connectivity index (χ4n) is 1.35. The summed E-state index contributed by atoms with van der Waals surface area (Å²) in [6.07, 6.45) is -2.67. The van der Waals surface area contributed by atoms with Crippen LogP contribution in [-0.2, 0) is 0 Å². The number of amides is 1. The van der Waals surface area contributed by atoms with Gasteiger partial charge in [0.1, 0.15) is 5.82 Å². The van der Waals surface area contributed by atoms with Crippen LogP contribution in [0.1, 0.15) is 10.4 Å². The Morgan fingerprint density at radius 2 is 2.00 bits per heavy atom. The summed E-state index contributed by atoms with van der Waals surface area (Å²) in [7, 11) is 0. The van der Waals surface area contributed by atoms with E-state index in [1.54, 1.807) is 0 Å². The van der Waals surface area contributed by atoms with Crippen LogP contribution < -0.4 is 0 Å². The van der Waals surface area contributed by atoms with Crippen molar-refractivity contribution in [1.82, 2.24) is 4.90 Å². The minimum Gasteiger partial charge on any atom is -0.332 e. The van der Waals surface area contributed by atoms with Crippen molar-refractivity contribution in [2.24, 2.45) is 0 Å². The predicted octanol–water partition coefficient (Wildman–Crippen LogP) is 2.77. The molecule has 1 amide bonds. The van der Waals surface area contributed by atoms with E-state index in [1.807, 2.05) is 0 Å². The Labute approximate surface area is 102 Å². The molecule has 94 valence electrons. The molecule has 17 heavy (non-hydrogen) atoms. The second-order valence-corrected chi connectivity index (χ2v) is 3.69. The molecule has 0 saturated carbocycles. The molecular weight excluding hydrogens is 255 g/mol. The third-order valence-electron chi connectivity index (χ3n) is 2.10. The first-order chi connectivity index (χ1) is 8.06. The van der Waals surface area contributed by atoms with Gasteiger partial charge < -0.3 is 4.90 Å². The first-order valence-electron chi connectivity index (χ1n) is 4.94. The maximum absolute atomic E-state index is 13.3. The molecular formula is C11H11ClF3NO. The van der Waals surface area contributed by atoms with E-state index in [9.17, 15) is 18.0 Å². The molecule has 1 aromatic carbocycles. The highest BCUT2D eigenvalue weighted by atomic mass is 35.5. The van der Waals surface area contributed by atoms with Gasteiger partial charge in [-0.15, -0.1) is 11.6 Å². The Balaban J connectivity index is 2.88. The van der Waals surface area contributed by atoms with Crippen LogP contribution in [-0.4, -0.2) is 36.2 Å². The Hall–Kier alpha value is -1.23. The van der Waals surface area contributed by atoms with Gasteiger partial charge in [0.15, 0.2) is 0 Å². The fourth-order valence-corrected chi connectivity index (χ4v) is 1.55. The van der Waals surface area contributed by atoms with Crippen LogP contribution in [0.25, 0.3) is 0 Å². The van der Waals surface area contributed by atoms with Crippen molar-refractivity contribution >= 4 is 17.5 Å². The minimum absolute atomic E-state index is 0.0207. The van der Waals surface area contributed by atoms with Crippen molar-refractivity contribution in [3.05, 3.63) is 35.6 Å². The van der Waals surface area contributed by atoms with Gasteiger partial charge in [0.25, 0.3) is 12.3 Å². The lowest BCUT2D eigenvalue weighted by Crippen LogP contribution is -2.37. The van der Waals surface area contributed by atoms with Crippen LogP contribution in [0.2, 0.25) is 0 Å². The number of halogens is 4. The Kier molecular flexibility index (Phi) is 5.28. The fraction of sp³-hybridized carbons (Fsp3) is 0.364. The lowest BCUT2D eigenvalue weighted by Gasteiger charge is -2.21. The lowest BCUT2D eigenvalue weighted by molar-refractivity contribution is 0.0567. The summed E-state index contributed by atoms with van der Waals surface area (Å²) >= 11 is 5.42. The summed E-state index contributed by atoms with van der Waals surface area (Å²) in [6, 6.07) is 5.25. The SMILES string of the molecule is O=C(c1ccccc1F)N(CCCl)CC(F)F. The summed E-state index contributed by atoms with van der Waals surface area (Å²) in [5.41, 5.74) is -0.224. The molecule has 0 fully saturated rings. The molecule has 0 aliphatic carbocycles. The third-order valence-corrected chi connectivity index (χ3v) is 2.27. The van der Waals surface area contributed by atoms with Gasteiger partial charge in [-0.25, -0.2) is 13.2 Å². The van der Waals surface area contributed by atoms with E-state index in [-0.39, 0.29) is 18.0 Å². The van der Waals surface area contributed by atoms with Gasteiger partial charge in [-0.05, 0) is 12.1 Å². The standard InChI is InChI=1S/C11H11ClF3NO/c12-5-6-16(7-10(14)15)11(17)8-3-1-2-4-9(8)13/h1-4,10H,5-7H2. The molecule has 0 spiro atoms. The zero-order valence-electron chi connectivity index (χ0n) is 8.88. The quantitative estimate of drug-likeness (QED) is 0.750. The van der Waals surface area contributed by atoms with Crippen LogP contribution in [0.4, 0.5) is 13.2 Å². The van der Waals surface area contributed by atoms with E-state index in [0.717, 1.165) is 11.0 Å². The van der Waals surface area contributed by atoms with Gasteiger partial charge in [-0.1, -0.05) is 12.1 Å². The smallest absolute Gasteiger partial charge is 0.257 e. The number of hydrogen-bond acceptors (Lipinski definition) is 1. The van der Waals surface area contributed by atoms with Crippen LogP contribution in [0.3, 0.4) is 0 Å². The van der Waals surface area contributed by atoms with E-state index in [0.29, 0.717) is 0 Å². The molecule has 0 bridgehead atoms. The molecule has 0 aliphatic heterocycles. The van der Waals surface area contributed by atoms with Gasteiger partial charge in [0.2, 0.25) is 0 Å². The first-order valence-corrected chi connectivity index (χ1v) is 5.47. The summed E-state index contributed by atoms with van der Waals surface area (Å²) in [5, 5.41) is 0. The normalized spacial score (nSPS) is 10.6. The highest BCUT2D eigenvalue weighted by Gasteiger charge is 2.21. The average molecular weight is 266 g/mol. The predicted molar refractivity (Wildman–Crippen MR) is 59.0 cm³/mol. The van der Waals surface area contributed by atoms with Crippen molar-refractivity contribution < 1.29 is 18.0 Å². The van der Waals surface area contributed by atoms with Gasteiger partial charge in [-0.3, -0.25) is 4.79 Å². The second-order valence-electron chi connectivity index (χ2n) is 3.31. The summed E-state index contributed by atoms with van der Waals surface area (Å²) in [6.45, 7) is -0.793. The van der Waals surface area contributed by atoms with E-state index in [1.165, 1.54) is 18.2 Å². The molecule has 0 N–H and O–H groups in total. The number of rotatable bonds is 5. The maximum atomic E-state index is 13.3. The molecule has 2 nitrogen and oxygen atoms in total. The Morgan fingerprint density at radius 1 is 1.35 bits per heavy atom. The van der Waals surface area contributed by atoms with Crippen molar-refractivity contribution in [1.29, 1.82) is 0 Å². The summed E-state index contributed by atoms with van der Waals surface area (Å²) < 4.78 is 37.8. The van der Waals surface area contributed by atoms with Crippen molar-refractivity contribution in [3.63, 3.8) is 0 Å². The lowest BCUT2D eigenvalue weighted by atomic mass is 10.2. The summed E-state index contributed by atoms with van der Waals surface area (Å²) in [4.78, 5) is 12.6. The number of carbonyl (C=O) groups excluding carboxylic acids is 1. The Bertz CT molecular complexity index is 387.